The number of morpholine rings is 1. The molecule has 2 aromatic carbocycles. The fourth-order valence-electron chi connectivity index (χ4n) is 4.34. The number of rotatable bonds is 5. The van der Waals surface area contributed by atoms with Crippen LogP contribution in [-0.2, 0) is 9.53 Å². The van der Waals surface area contributed by atoms with Gasteiger partial charge < -0.3 is 24.0 Å². The molecular weight excluding hydrogens is 396 g/mol. The van der Waals surface area contributed by atoms with Crippen molar-refractivity contribution in [1.29, 1.82) is 0 Å². The average Bonchev–Trinajstić information content (AvgIpc) is 3.29. The molecule has 2 heterocycles. The van der Waals surface area contributed by atoms with Gasteiger partial charge in [0, 0.05) is 37.7 Å². The lowest BCUT2D eigenvalue weighted by Gasteiger charge is -2.30. The zero-order valence-electron chi connectivity index (χ0n) is 18.0. The van der Waals surface area contributed by atoms with E-state index in [9.17, 15) is 9.59 Å². The van der Waals surface area contributed by atoms with Crippen LogP contribution in [0.5, 0.6) is 11.5 Å². The van der Waals surface area contributed by atoms with Gasteiger partial charge in [0.25, 0.3) is 5.91 Å². The molecule has 2 atom stereocenters. The van der Waals surface area contributed by atoms with E-state index in [2.05, 4.69) is 0 Å². The molecule has 0 unspecified atom stereocenters. The minimum absolute atomic E-state index is 0.0663. The Morgan fingerprint density at radius 1 is 0.839 bits per heavy atom. The van der Waals surface area contributed by atoms with E-state index in [1.807, 2.05) is 29.2 Å². The van der Waals surface area contributed by atoms with E-state index in [0.29, 0.717) is 50.7 Å². The van der Waals surface area contributed by atoms with Gasteiger partial charge in [0.05, 0.1) is 33.4 Å². The Hall–Kier alpha value is -3.06. The Kier molecular flexibility index (Phi) is 6.42. The van der Waals surface area contributed by atoms with E-state index >= 15 is 0 Å². The number of hydrogen-bond donors (Lipinski definition) is 0. The molecule has 7 nitrogen and oxygen atoms in total. The Morgan fingerprint density at radius 3 is 2.00 bits per heavy atom. The Bertz CT molecular complexity index is 907. The van der Waals surface area contributed by atoms with E-state index in [1.165, 1.54) is 0 Å². The van der Waals surface area contributed by atoms with Crippen molar-refractivity contribution in [3.05, 3.63) is 59.7 Å². The first kappa shape index (κ1) is 21.2. The molecule has 4 rings (SSSR count). The number of ether oxygens (including phenoxy) is 3. The molecule has 2 aliphatic rings. The van der Waals surface area contributed by atoms with Crippen LogP contribution in [-0.4, -0.2) is 75.2 Å². The van der Waals surface area contributed by atoms with Crippen molar-refractivity contribution in [2.75, 3.05) is 53.6 Å². The third-order valence-corrected chi connectivity index (χ3v) is 6.13. The van der Waals surface area contributed by atoms with Crippen molar-refractivity contribution < 1.29 is 23.8 Å². The van der Waals surface area contributed by atoms with Crippen molar-refractivity contribution in [2.45, 2.75) is 5.92 Å². The van der Waals surface area contributed by atoms with Crippen molar-refractivity contribution in [1.82, 2.24) is 9.80 Å². The van der Waals surface area contributed by atoms with Crippen LogP contribution < -0.4 is 9.47 Å². The molecule has 0 radical (unpaired) electrons. The van der Waals surface area contributed by atoms with Crippen LogP contribution in [0, 0.1) is 5.92 Å². The molecule has 7 heteroatoms. The molecule has 0 bridgehead atoms. The smallest absolute Gasteiger partial charge is 0.253 e. The van der Waals surface area contributed by atoms with Gasteiger partial charge in [-0.2, -0.15) is 0 Å². The monoisotopic (exact) mass is 424 g/mol. The van der Waals surface area contributed by atoms with E-state index < -0.39 is 0 Å². The second-order valence-electron chi connectivity index (χ2n) is 7.86. The Labute approximate surface area is 182 Å². The lowest BCUT2D eigenvalue weighted by Crippen LogP contribution is -2.45. The maximum atomic E-state index is 13.4. The molecule has 0 saturated carbocycles. The average molecular weight is 424 g/mol. The normalized spacial score (nSPS) is 21.1. The van der Waals surface area contributed by atoms with Crippen LogP contribution in [0.15, 0.2) is 48.5 Å². The predicted octanol–water partition coefficient (Wildman–Crippen LogP) is 2.42. The molecule has 2 aliphatic heterocycles. The van der Waals surface area contributed by atoms with Crippen LogP contribution in [0.25, 0.3) is 0 Å². The highest BCUT2D eigenvalue weighted by atomic mass is 16.5. The summed E-state index contributed by atoms with van der Waals surface area (Å²) in [5, 5.41) is 0. The second-order valence-corrected chi connectivity index (χ2v) is 7.86. The summed E-state index contributed by atoms with van der Waals surface area (Å²) in [5.74, 6) is 1.14. The zero-order valence-corrected chi connectivity index (χ0v) is 18.0. The zero-order chi connectivity index (χ0) is 21.8. The standard InChI is InChI=1S/C24H28N2O5/c1-29-19-7-3-17(4-8-19)21-15-26(23(27)18-5-9-20(30-2)10-6-18)16-22(21)24(28)25-11-13-31-14-12-25/h3-10,21-22H,11-16H2,1-2H3/t21-,22+/m1/s1. The number of methoxy groups -OCH3 is 2. The third-order valence-electron chi connectivity index (χ3n) is 6.13. The molecule has 0 aromatic heterocycles. The first-order chi connectivity index (χ1) is 15.1. The lowest BCUT2D eigenvalue weighted by atomic mass is 9.88. The maximum absolute atomic E-state index is 13.4. The first-order valence-corrected chi connectivity index (χ1v) is 10.5. The summed E-state index contributed by atoms with van der Waals surface area (Å²) in [4.78, 5) is 30.2. The predicted molar refractivity (Wildman–Crippen MR) is 116 cm³/mol. The minimum Gasteiger partial charge on any atom is -0.497 e. The number of nitrogens with zero attached hydrogens (tertiary/aromatic N) is 2. The highest BCUT2D eigenvalue weighted by Gasteiger charge is 2.42. The van der Waals surface area contributed by atoms with Gasteiger partial charge in [-0.1, -0.05) is 12.1 Å². The SMILES string of the molecule is COc1ccc(C(=O)N2C[C@H](C(=O)N3CCOCC3)[C@@H](c3ccc(OC)cc3)C2)cc1. The molecule has 164 valence electrons. The van der Waals surface area contributed by atoms with Gasteiger partial charge >= 0.3 is 0 Å². The highest BCUT2D eigenvalue weighted by molar-refractivity contribution is 5.95. The second kappa shape index (κ2) is 9.39. The van der Waals surface area contributed by atoms with Crippen LogP contribution in [0.2, 0.25) is 0 Å². The van der Waals surface area contributed by atoms with Crippen LogP contribution in [0.3, 0.4) is 0 Å². The van der Waals surface area contributed by atoms with Crippen LogP contribution in [0.1, 0.15) is 21.8 Å². The summed E-state index contributed by atoms with van der Waals surface area (Å²) < 4.78 is 15.9. The first-order valence-electron chi connectivity index (χ1n) is 10.5. The summed E-state index contributed by atoms with van der Waals surface area (Å²) in [5.41, 5.74) is 1.63. The van der Waals surface area contributed by atoms with Gasteiger partial charge in [-0.3, -0.25) is 9.59 Å². The number of carbonyl (C=O) groups excluding carboxylic acids is 2. The van der Waals surface area contributed by atoms with Gasteiger partial charge in [0.15, 0.2) is 0 Å². The molecule has 2 fully saturated rings. The topological polar surface area (TPSA) is 68.3 Å². The van der Waals surface area contributed by atoms with E-state index in [1.54, 1.807) is 43.4 Å². The van der Waals surface area contributed by atoms with Crippen LogP contribution in [0.4, 0.5) is 0 Å². The van der Waals surface area contributed by atoms with E-state index in [4.69, 9.17) is 14.2 Å². The molecule has 0 spiro atoms. The lowest BCUT2D eigenvalue weighted by molar-refractivity contribution is -0.139. The number of hydrogen-bond acceptors (Lipinski definition) is 5. The van der Waals surface area contributed by atoms with Crippen molar-refractivity contribution in [3.8, 4) is 11.5 Å². The number of likely N-dealkylation sites (tertiary alicyclic amines) is 1. The number of carbonyl (C=O) groups is 2. The highest BCUT2D eigenvalue weighted by Crippen LogP contribution is 2.36. The maximum Gasteiger partial charge on any atom is 0.253 e. The summed E-state index contributed by atoms with van der Waals surface area (Å²) in [6.45, 7) is 3.20. The fourth-order valence-corrected chi connectivity index (χ4v) is 4.34. The fraction of sp³-hybridized carbons (Fsp3) is 0.417. The largest absolute Gasteiger partial charge is 0.497 e. The third kappa shape index (κ3) is 4.51. The van der Waals surface area contributed by atoms with Crippen molar-refractivity contribution in [2.24, 2.45) is 5.92 Å². The minimum atomic E-state index is -0.284. The van der Waals surface area contributed by atoms with Crippen LogP contribution >= 0.6 is 0 Å². The molecule has 2 saturated heterocycles. The van der Waals surface area contributed by atoms with Gasteiger partial charge in [-0.15, -0.1) is 0 Å². The molecule has 0 aliphatic carbocycles. The quantitative estimate of drug-likeness (QED) is 0.738. The van der Waals surface area contributed by atoms with Crippen molar-refractivity contribution >= 4 is 11.8 Å². The van der Waals surface area contributed by atoms with E-state index in [-0.39, 0.29) is 23.7 Å². The van der Waals surface area contributed by atoms with Gasteiger partial charge in [-0.05, 0) is 42.0 Å². The molecule has 2 amide bonds. The summed E-state index contributed by atoms with van der Waals surface area (Å²) in [6.07, 6.45) is 0. The van der Waals surface area contributed by atoms with E-state index in [0.717, 1.165) is 11.3 Å². The molecule has 2 aromatic rings. The molecular formula is C24H28N2O5. The Morgan fingerprint density at radius 2 is 1.42 bits per heavy atom. The number of amides is 2. The molecule has 31 heavy (non-hydrogen) atoms. The number of benzene rings is 2. The Balaban J connectivity index is 1.58. The van der Waals surface area contributed by atoms with Gasteiger partial charge in [0.1, 0.15) is 11.5 Å². The summed E-state index contributed by atoms with van der Waals surface area (Å²) >= 11 is 0. The van der Waals surface area contributed by atoms with Gasteiger partial charge in [0.2, 0.25) is 5.91 Å². The molecule has 0 N–H and O–H groups in total. The summed E-state index contributed by atoms with van der Waals surface area (Å²) in [6, 6.07) is 14.9. The van der Waals surface area contributed by atoms with Gasteiger partial charge in [-0.25, -0.2) is 0 Å². The summed E-state index contributed by atoms with van der Waals surface area (Å²) in [7, 11) is 3.23. The van der Waals surface area contributed by atoms with Crippen molar-refractivity contribution in [3.63, 3.8) is 0 Å².